The Kier molecular flexibility index (Phi) is 4.38. The topological polar surface area (TPSA) is 91.8 Å². The minimum atomic E-state index is -0.415. The Morgan fingerprint density at radius 3 is 2.85 bits per heavy atom. The van der Waals surface area contributed by atoms with Crippen LogP contribution in [0.1, 0.15) is 18.4 Å². The van der Waals surface area contributed by atoms with Crippen molar-refractivity contribution in [3.05, 3.63) is 35.7 Å². The summed E-state index contributed by atoms with van der Waals surface area (Å²) in [6.45, 7) is 3.42. The van der Waals surface area contributed by atoms with E-state index in [4.69, 9.17) is 9.68 Å². The van der Waals surface area contributed by atoms with E-state index in [2.05, 4.69) is 15.5 Å². The Hall–Kier alpha value is -2.33. The molecule has 0 aliphatic carbocycles. The fourth-order valence-corrected chi connectivity index (χ4v) is 2.18. The number of thioether (sulfide) groups is 1. The lowest BCUT2D eigenvalue weighted by Gasteiger charge is -2.10. The average Bonchev–Trinajstić information content (AvgIpc) is 2.84. The molecular formula is C13H12N4O2S. The molecule has 2 rings (SSSR count). The van der Waals surface area contributed by atoms with Crippen molar-refractivity contribution in [1.29, 1.82) is 5.26 Å². The van der Waals surface area contributed by atoms with Gasteiger partial charge in [0.05, 0.1) is 16.5 Å². The highest BCUT2D eigenvalue weighted by molar-refractivity contribution is 8.00. The summed E-state index contributed by atoms with van der Waals surface area (Å²) in [5.74, 6) is 0.225. The Morgan fingerprint density at radius 1 is 1.45 bits per heavy atom. The van der Waals surface area contributed by atoms with Gasteiger partial charge in [-0.05, 0) is 19.1 Å². The SMILES string of the molecule is Cc1nnc(SC(C)C(=O)Nc2ccccc2C#N)o1. The normalized spacial score (nSPS) is 11.7. The van der Waals surface area contributed by atoms with Crippen LogP contribution in [0.3, 0.4) is 0 Å². The molecule has 6 nitrogen and oxygen atoms in total. The zero-order valence-electron chi connectivity index (χ0n) is 11.0. The van der Waals surface area contributed by atoms with Crippen molar-refractivity contribution in [2.45, 2.75) is 24.3 Å². The molecule has 0 saturated heterocycles. The number of nitriles is 1. The first kappa shape index (κ1) is 14.1. The van der Waals surface area contributed by atoms with Gasteiger partial charge in [-0.25, -0.2) is 0 Å². The second kappa shape index (κ2) is 6.21. The van der Waals surface area contributed by atoms with E-state index in [9.17, 15) is 4.79 Å². The molecule has 1 heterocycles. The van der Waals surface area contributed by atoms with Gasteiger partial charge in [0.1, 0.15) is 6.07 Å². The first-order chi connectivity index (χ1) is 9.60. The van der Waals surface area contributed by atoms with E-state index in [1.54, 1.807) is 38.1 Å². The number of rotatable bonds is 4. The lowest BCUT2D eigenvalue weighted by Crippen LogP contribution is -2.22. The second-order valence-corrected chi connectivity index (χ2v) is 5.29. The van der Waals surface area contributed by atoms with Gasteiger partial charge in [0.25, 0.3) is 5.22 Å². The van der Waals surface area contributed by atoms with Crippen LogP contribution in [0.15, 0.2) is 33.9 Å². The summed E-state index contributed by atoms with van der Waals surface area (Å²) in [4.78, 5) is 12.1. The van der Waals surface area contributed by atoms with Crippen molar-refractivity contribution >= 4 is 23.4 Å². The number of nitrogens with zero attached hydrogens (tertiary/aromatic N) is 3. The van der Waals surface area contributed by atoms with Crippen LogP contribution in [0.4, 0.5) is 5.69 Å². The highest BCUT2D eigenvalue weighted by Crippen LogP contribution is 2.23. The predicted octanol–water partition coefficient (Wildman–Crippen LogP) is 2.37. The van der Waals surface area contributed by atoms with Crippen LogP contribution in [0.25, 0.3) is 0 Å². The van der Waals surface area contributed by atoms with Crippen molar-refractivity contribution in [1.82, 2.24) is 10.2 Å². The fourth-order valence-electron chi connectivity index (χ4n) is 1.45. The number of hydrogen-bond donors (Lipinski definition) is 1. The third kappa shape index (κ3) is 3.36. The molecule has 0 aliphatic heterocycles. The molecule has 20 heavy (non-hydrogen) atoms. The summed E-state index contributed by atoms with van der Waals surface area (Å²) in [5.41, 5.74) is 0.917. The van der Waals surface area contributed by atoms with Gasteiger partial charge >= 0.3 is 0 Å². The number of benzene rings is 1. The van der Waals surface area contributed by atoms with Gasteiger partial charge < -0.3 is 9.73 Å². The van der Waals surface area contributed by atoms with E-state index >= 15 is 0 Å². The maximum atomic E-state index is 12.1. The van der Waals surface area contributed by atoms with Crippen LogP contribution in [0.2, 0.25) is 0 Å². The molecule has 2 aromatic rings. The summed E-state index contributed by atoms with van der Waals surface area (Å²) in [7, 11) is 0. The molecular weight excluding hydrogens is 276 g/mol. The van der Waals surface area contributed by atoms with Crippen LogP contribution in [-0.4, -0.2) is 21.4 Å². The number of nitrogens with one attached hydrogen (secondary N) is 1. The molecule has 1 unspecified atom stereocenters. The van der Waals surface area contributed by atoms with Gasteiger partial charge in [0.15, 0.2) is 0 Å². The molecule has 1 aromatic carbocycles. The maximum absolute atomic E-state index is 12.1. The molecule has 0 bridgehead atoms. The summed E-state index contributed by atoms with van der Waals surface area (Å²) >= 11 is 1.17. The summed E-state index contributed by atoms with van der Waals surface area (Å²) < 4.78 is 5.21. The van der Waals surface area contributed by atoms with Crippen LogP contribution in [0.5, 0.6) is 0 Å². The number of amides is 1. The number of hydrogen-bond acceptors (Lipinski definition) is 6. The molecule has 0 aliphatic rings. The molecule has 7 heteroatoms. The van der Waals surface area contributed by atoms with Gasteiger partial charge in [-0.15, -0.1) is 10.2 Å². The van der Waals surface area contributed by atoms with Gasteiger partial charge in [-0.1, -0.05) is 23.9 Å². The number of aryl methyl sites for hydroxylation is 1. The lowest BCUT2D eigenvalue weighted by atomic mass is 10.2. The highest BCUT2D eigenvalue weighted by atomic mass is 32.2. The van der Waals surface area contributed by atoms with E-state index in [1.165, 1.54) is 11.8 Å². The summed E-state index contributed by atoms with van der Waals surface area (Å²) in [5, 5.41) is 19.1. The molecule has 0 saturated carbocycles. The quantitative estimate of drug-likeness (QED) is 0.868. The molecule has 1 atom stereocenters. The summed E-state index contributed by atoms with van der Waals surface area (Å²) in [6.07, 6.45) is 0. The van der Waals surface area contributed by atoms with Crippen LogP contribution in [-0.2, 0) is 4.79 Å². The largest absolute Gasteiger partial charge is 0.416 e. The standard InChI is InChI=1S/C13H12N4O2S/c1-8(20-13-17-16-9(2)19-13)12(18)15-11-6-4-3-5-10(11)7-14/h3-6,8H,1-2H3,(H,15,18). The number of para-hydroxylation sites is 1. The molecule has 0 radical (unpaired) electrons. The zero-order chi connectivity index (χ0) is 14.5. The van der Waals surface area contributed by atoms with E-state index in [-0.39, 0.29) is 5.91 Å². The maximum Gasteiger partial charge on any atom is 0.277 e. The Bertz CT molecular complexity index is 662. The Labute approximate surface area is 120 Å². The first-order valence-electron chi connectivity index (χ1n) is 5.87. The van der Waals surface area contributed by atoms with Crippen molar-refractivity contribution in [2.24, 2.45) is 0 Å². The van der Waals surface area contributed by atoms with E-state index in [0.29, 0.717) is 22.4 Å². The van der Waals surface area contributed by atoms with Crippen LogP contribution in [0, 0.1) is 18.3 Å². The molecule has 1 aromatic heterocycles. The monoisotopic (exact) mass is 288 g/mol. The molecule has 102 valence electrons. The van der Waals surface area contributed by atoms with E-state index in [1.807, 2.05) is 6.07 Å². The van der Waals surface area contributed by atoms with Gasteiger partial charge in [0.2, 0.25) is 11.8 Å². The minimum absolute atomic E-state index is 0.228. The van der Waals surface area contributed by atoms with Crippen molar-refractivity contribution in [2.75, 3.05) is 5.32 Å². The zero-order valence-corrected chi connectivity index (χ0v) is 11.8. The lowest BCUT2D eigenvalue weighted by molar-refractivity contribution is -0.115. The first-order valence-corrected chi connectivity index (χ1v) is 6.75. The average molecular weight is 288 g/mol. The molecule has 0 fully saturated rings. The predicted molar refractivity (Wildman–Crippen MR) is 74.1 cm³/mol. The fraction of sp³-hybridized carbons (Fsp3) is 0.231. The molecule has 1 N–H and O–H groups in total. The van der Waals surface area contributed by atoms with Crippen molar-refractivity contribution < 1.29 is 9.21 Å². The van der Waals surface area contributed by atoms with E-state index in [0.717, 1.165) is 0 Å². The number of anilines is 1. The van der Waals surface area contributed by atoms with Crippen molar-refractivity contribution in [3.63, 3.8) is 0 Å². The Balaban J connectivity index is 2.02. The van der Waals surface area contributed by atoms with E-state index < -0.39 is 5.25 Å². The van der Waals surface area contributed by atoms with Crippen LogP contribution >= 0.6 is 11.8 Å². The summed E-state index contributed by atoms with van der Waals surface area (Å²) in [6, 6.07) is 8.87. The highest BCUT2D eigenvalue weighted by Gasteiger charge is 2.18. The third-order valence-corrected chi connectivity index (χ3v) is 3.39. The molecule has 1 amide bonds. The van der Waals surface area contributed by atoms with Gasteiger partial charge in [0, 0.05) is 6.92 Å². The minimum Gasteiger partial charge on any atom is -0.416 e. The van der Waals surface area contributed by atoms with Crippen LogP contribution < -0.4 is 5.32 Å². The number of aromatic nitrogens is 2. The third-order valence-electron chi connectivity index (χ3n) is 2.46. The van der Waals surface area contributed by atoms with Gasteiger partial charge in [-0.2, -0.15) is 5.26 Å². The number of carbonyl (C=O) groups is 1. The number of carbonyl (C=O) groups excluding carboxylic acids is 1. The smallest absolute Gasteiger partial charge is 0.277 e. The van der Waals surface area contributed by atoms with Crippen molar-refractivity contribution in [3.8, 4) is 6.07 Å². The van der Waals surface area contributed by atoms with Gasteiger partial charge in [-0.3, -0.25) is 4.79 Å². The Morgan fingerprint density at radius 2 is 2.20 bits per heavy atom. The second-order valence-electron chi connectivity index (χ2n) is 3.99. The molecule has 0 spiro atoms.